The minimum absolute atomic E-state index is 0.153. The van der Waals surface area contributed by atoms with E-state index in [1.807, 2.05) is 11.8 Å². The first-order chi connectivity index (χ1) is 5.74. The summed E-state index contributed by atoms with van der Waals surface area (Å²) in [6, 6.07) is 0. The van der Waals surface area contributed by atoms with Crippen LogP contribution in [0, 0.1) is 0 Å². The van der Waals surface area contributed by atoms with Crippen molar-refractivity contribution < 1.29 is 9.84 Å². The van der Waals surface area contributed by atoms with Crippen molar-refractivity contribution in [2.45, 2.75) is 45.6 Å². The van der Waals surface area contributed by atoms with Gasteiger partial charge in [0.2, 0.25) is 6.41 Å². The zero-order valence-corrected chi connectivity index (χ0v) is 7.99. The van der Waals surface area contributed by atoms with Crippen molar-refractivity contribution in [3.05, 3.63) is 0 Å². The molecule has 3 heteroatoms. The first-order valence-corrected chi connectivity index (χ1v) is 4.81. The lowest BCUT2D eigenvalue weighted by Gasteiger charge is -2.24. The van der Waals surface area contributed by atoms with Gasteiger partial charge in [-0.3, -0.25) is 4.90 Å². The Morgan fingerprint density at radius 1 is 1.42 bits per heavy atom. The summed E-state index contributed by atoms with van der Waals surface area (Å²) < 4.78 is 5.36. The minimum atomic E-state index is -0.678. The van der Waals surface area contributed by atoms with Crippen LogP contribution in [-0.2, 0) is 4.74 Å². The van der Waals surface area contributed by atoms with Gasteiger partial charge in [-0.2, -0.15) is 0 Å². The van der Waals surface area contributed by atoms with Gasteiger partial charge in [-0.15, -0.1) is 0 Å². The largest absolute Gasteiger partial charge is 0.356 e. The molecule has 0 aromatic rings. The molecule has 1 aliphatic rings. The Labute approximate surface area is 74.3 Å². The lowest BCUT2D eigenvalue weighted by atomic mass is 10.3. The summed E-state index contributed by atoms with van der Waals surface area (Å²) >= 11 is 0. The smallest absolute Gasteiger partial charge is 0.216 e. The van der Waals surface area contributed by atoms with E-state index < -0.39 is 6.41 Å². The molecule has 0 spiro atoms. The summed E-state index contributed by atoms with van der Waals surface area (Å²) in [7, 11) is 0. The second-order valence-corrected chi connectivity index (χ2v) is 3.42. The van der Waals surface area contributed by atoms with E-state index >= 15 is 0 Å². The van der Waals surface area contributed by atoms with E-state index in [4.69, 9.17) is 4.74 Å². The van der Waals surface area contributed by atoms with Crippen LogP contribution in [0.1, 0.15) is 33.1 Å². The maximum atomic E-state index is 9.55. The minimum Gasteiger partial charge on any atom is -0.356 e. The molecule has 0 aromatic heterocycles. The summed E-state index contributed by atoms with van der Waals surface area (Å²) in [5.41, 5.74) is 0. The third-order valence-corrected chi connectivity index (χ3v) is 2.38. The summed E-state index contributed by atoms with van der Waals surface area (Å²) in [6.45, 7) is 5.98. The van der Waals surface area contributed by atoms with E-state index in [1.54, 1.807) is 0 Å². The Morgan fingerprint density at radius 2 is 2.00 bits per heavy atom. The molecular weight excluding hydrogens is 154 g/mol. The molecule has 1 N–H and O–H groups in total. The second kappa shape index (κ2) is 4.80. The molecule has 72 valence electrons. The van der Waals surface area contributed by atoms with Crippen LogP contribution in [0.4, 0.5) is 0 Å². The van der Waals surface area contributed by atoms with Crippen LogP contribution in [0.2, 0.25) is 0 Å². The van der Waals surface area contributed by atoms with E-state index in [0.717, 1.165) is 19.5 Å². The molecule has 2 atom stereocenters. The highest BCUT2D eigenvalue weighted by Crippen LogP contribution is 2.12. The normalized spacial score (nSPS) is 24.2. The van der Waals surface area contributed by atoms with Crippen molar-refractivity contribution in [1.82, 2.24) is 4.90 Å². The number of hydrogen-bond acceptors (Lipinski definition) is 3. The van der Waals surface area contributed by atoms with Gasteiger partial charge in [0.25, 0.3) is 0 Å². The van der Waals surface area contributed by atoms with Crippen molar-refractivity contribution in [1.29, 1.82) is 0 Å². The fourth-order valence-corrected chi connectivity index (χ4v) is 1.35. The van der Waals surface area contributed by atoms with Crippen LogP contribution in [0.15, 0.2) is 0 Å². The number of hydrogen-bond donors (Lipinski definition) is 1. The highest BCUT2D eigenvalue weighted by Gasteiger charge is 2.21. The standard InChI is InChI=1S/C9H19NO2/c1-3-8(2)12-9(11)10-6-4-5-7-10/h8-9,11H,3-7H2,1-2H3. The average molecular weight is 173 g/mol. The Hall–Kier alpha value is -0.120. The monoisotopic (exact) mass is 173 g/mol. The quantitative estimate of drug-likeness (QED) is 0.648. The predicted octanol–water partition coefficient (Wildman–Crippen LogP) is 1.17. The topological polar surface area (TPSA) is 32.7 Å². The van der Waals surface area contributed by atoms with Gasteiger partial charge in [0.1, 0.15) is 0 Å². The van der Waals surface area contributed by atoms with Crippen LogP contribution in [0.3, 0.4) is 0 Å². The van der Waals surface area contributed by atoms with Crippen LogP contribution < -0.4 is 0 Å². The van der Waals surface area contributed by atoms with Crippen molar-refractivity contribution in [3.8, 4) is 0 Å². The van der Waals surface area contributed by atoms with Crippen LogP contribution in [0.5, 0.6) is 0 Å². The van der Waals surface area contributed by atoms with Crippen LogP contribution in [0.25, 0.3) is 0 Å². The van der Waals surface area contributed by atoms with E-state index in [0.29, 0.717) is 0 Å². The lowest BCUT2D eigenvalue weighted by Crippen LogP contribution is -2.36. The SMILES string of the molecule is CCC(C)OC(O)N1CCCC1. The van der Waals surface area contributed by atoms with Gasteiger partial charge < -0.3 is 9.84 Å². The summed E-state index contributed by atoms with van der Waals surface area (Å²) in [5, 5.41) is 9.55. The molecule has 0 amide bonds. The number of rotatable bonds is 4. The molecule has 3 nitrogen and oxygen atoms in total. The van der Waals surface area contributed by atoms with Gasteiger partial charge in [-0.1, -0.05) is 6.92 Å². The van der Waals surface area contributed by atoms with Crippen molar-refractivity contribution in [2.24, 2.45) is 0 Å². The fraction of sp³-hybridized carbons (Fsp3) is 1.00. The summed E-state index contributed by atoms with van der Waals surface area (Å²) in [4.78, 5) is 1.98. The molecule has 1 fully saturated rings. The maximum Gasteiger partial charge on any atom is 0.216 e. The Balaban J connectivity index is 2.21. The first kappa shape index (κ1) is 9.96. The number of nitrogens with zero attached hydrogens (tertiary/aromatic N) is 1. The zero-order valence-electron chi connectivity index (χ0n) is 7.99. The van der Waals surface area contributed by atoms with E-state index in [-0.39, 0.29) is 6.10 Å². The molecule has 1 rings (SSSR count). The number of aliphatic hydroxyl groups excluding tert-OH is 1. The highest BCUT2D eigenvalue weighted by atomic mass is 16.6. The highest BCUT2D eigenvalue weighted by molar-refractivity contribution is 4.65. The molecule has 0 radical (unpaired) electrons. The molecule has 1 heterocycles. The average Bonchev–Trinajstić information content (AvgIpc) is 2.56. The number of likely N-dealkylation sites (tertiary alicyclic amines) is 1. The van der Waals surface area contributed by atoms with E-state index in [2.05, 4.69) is 6.92 Å². The van der Waals surface area contributed by atoms with E-state index in [9.17, 15) is 5.11 Å². The second-order valence-electron chi connectivity index (χ2n) is 3.42. The predicted molar refractivity (Wildman–Crippen MR) is 47.7 cm³/mol. The van der Waals surface area contributed by atoms with Gasteiger partial charge in [0.05, 0.1) is 6.10 Å². The fourth-order valence-electron chi connectivity index (χ4n) is 1.35. The summed E-state index contributed by atoms with van der Waals surface area (Å²) in [6.07, 6.45) is 2.79. The maximum absolute atomic E-state index is 9.55. The van der Waals surface area contributed by atoms with Gasteiger partial charge in [-0.05, 0) is 26.2 Å². The van der Waals surface area contributed by atoms with Crippen molar-refractivity contribution in [3.63, 3.8) is 0 Å². The van der Waals surface area contributed by atoms with Gasteiger partial charge in [-0.25, -0.2) is 0 Å². The molecule has 0 aromatic carbocycles. The van der Waals surface area contributed by atoms with Crippen molar-refractivity contribution in [2.75, 3.05) is 13.1 Å². The number of aliphatic hydroxyl groups is 1. The Morgan fingerprint density at radius 3 is 2.50 bits per heavy atom. The molecule has 12 heavy (non-hydrogen) atoms. The molecule has 0 saturated carbocycles. The molecule has 0 bridgehead atoms. The Bertz CT molecular complexity index is 124. The van der Waals surface area contributed by atoms with Gasteiger partial charge in [0, 0.05) is 13.1 Å². The van der Waals surface area contributed by atoms with Crippen LogP contribution >= 0.6 is 0 Å². The Kier molecular flexibility index (Phi) is 3.98. The van der Waals surface area contributed by atoms with Gasteiger partial charge in [0.15, 0.2) is 0 Å². The van der Waals surface area contributed by atoms with Gasteiger partial charge >= 0.3 is 0 Å². The van der Waals surface area contributed by atoms with E-state index in [1.165, 1.54) is 12.8 Å². The number of ether oxygens (including phenoxy) is 1. The third-order valence-electron chi connectivity index (χ3n) is 2.38. The first-order valence-electron chi connectivity index (χ1n) is 4.81. The van der Waals surface area contributed by atoms with Crippen LogP contribution in [-0.4, -0.2) is 35.6 Å². The summed E-state index contributed by atoms with van der Waals surface area (Å²) in [5.74, 6) is 0. The van der Waals surface area contributed by atoms with Crippen molar-refractivity contribution >= 4 is 0 Å². The molecule has 0 aliphatic carbocycles. The molecular formula is C9H19NO2. The molecule has 1 saturated heterocycles. The third kappa shape index (κ3) is 2.73. The molecule has 2 unspecified atom stereocenters. The zero-order chi connectivity index (χ0) is 8.97. The lowest BCUT2D eigenvalue weighted by molar-refractivity contribution is -0.208. The molecule has 1 aliphatic heterocycles.